The van der Waals surface area contributed by atoms with Gasteiger partial charge in [0.25, 0.3) is 0 Å². The van der Waals surface area contributed by atoms with Crippen molar-refractivity contribution in [2.45, 2.75) is 32.2 Å². The number of nitrogens with zero attached hydrogens (tertiary/aromatic N) is 2. The number of nitrogens with two attached hydrogens (primary N) is 1. The van der Waals surface area contributed by atoms with Crippen molar-refractivity contribution in [1.82, 2.24) is 9.78 Å². The quantitative estimate of drug-likeness (QED) is 0.537. The second-order valence-electron chi connectivity index (χ2n) is 3.45. The minimum atomic E-state index is 0.140. The molecule has 0 aromatic carbocycles. The van der Waals surface area contributed by atoms with E-state index in [9.17, 15) is 0 Å². The maximum Gasteiger partial charge on any atom is 0.126 e. The fraction of sp³-hybridized carbons (Fsp3) is 0.556. The van der Waals surface area contributed by atoms with Crippen molar-refractivity contribution in [2.75, 3.05) is 0 Å². The molecule has 1 aliphatic rings. The SMILES string of the molecule is CCn1ncc(C(=N)N)c1C1CC1. The highest BCUT2D eigenvalue weighted by atomic mass is 15.3. The molecule has 0 bridgehead atoms. The minimum Gasteiger partial charge on any atom is -0.384 e. The molecular formula is C9H14N4. The van der Waals surface area contributed by atoms with Gasteiger partial charge >= 0.3 is 0 Å². The van der Waals surface area contributed by atoms with Crippen LogP contribution in [0.1, 0.15) is 36.9 Å². The van der Waals surface area contributed by atoms with Crippen molar-refractivity contribution in [3.8, 4) is 0 Å². The summed E-state index contributed by atoms with van der Waals surface area (Å²) in [5.74, 6) is 0.739. The smallest absolute Gasteiger partial charge is 0.126 e. The van der Waals surface area contributed by atoms with Crippen molar-refractivity contribution >= 4 is 5.84 Å². The van der Waals surface area contributed by atoms with E-state index in [1.165, 1.54) is 12.8 Å². The first-order valence-electron chi connectivity index (χ1n) is 4.64. The lowest BCUT2D eigenvalue weighted by molar-refractivity contribution is 0.623. The Morgan fingerprint density at radius 3 is 2.92 bits per heavy atom. The number of rotatable bonds is 3. The zero-order valence-electron chi connectivity index (χ0n) is 7.75. The van der Waals surface area contributed by atoms with Crippen LogP contribution in [0.5, 0.6) is 0 Å². The molecule has 0 radical (unpaired) electrons. The van der Waals surface area contributed by atoms with Crippen LogP contribution in [-0.4, -0.2) is 15.6 Å². The highest BCUT2D eigenvalue weighted by Gasteiger charge is 2.30. The average molecular weight is 178 g/mol. The molecule has 1 fully saturated rings. The monoisotopic (exact) mass is 178 g/mol. The Morgan fingerprint density at radius 2 is 2.46 bits per heavy atom. The van der Waals surface area contributed by atoms with E-state index in [1.807, 2.05) is 4.68 Å². The fourth-order valence-corrected chi connectivity index (χ4v) is 1.64. The molecule has 0 saturated heterocycles. The van der Waals surface area contributed by atoms with Gasteiger partial charge in [-0.3, -0.25) is 10.1 Å². The van der Waals surface area contributed by atoms with E-state index in [0.717, 1.165) is 17.8 Å². The molecule has 0 amide bonds. The zero-order chi connectivity index (χ0) is 9.42. The Morgan fingerprint density at radius 1 is 1.77 bits per heavy atom. The Bertz CT molecular complexity index is 335. The van der Waals surface area contributed by atoms with Crippen molar-refractivity contribution in [2.24, 2.45) is 5.73 Å². The first-order chi connectivity index (χ1) is 6.24. The highest BCUT2D eigenvalue weighted by molar-refractivity contribution is 5.96. The first-order valence-corrected chi connectivity index (χ1v) is 4.64. The summed E-state index contributed by atoms with van der Waals surface area (Å²) >= 11 is 0. The van der Waals surface area contributed by atoms with E-state index in [1.54, 1.807) is 6.20 Å². The fourth-order valence-electron chi connectivity index (χ4n) is 1.64. The van der Waals surface area contributed by atoms with Crippen LogP contribution in [0.25, 0.3) is 0 Å². The Labute approximate surface area is 77.2 Å². The molecule has 1 saturated carbocycles. The van der Waals surface area contributed by atoms with Gasteiger partial charge in [-0.1, -0.05) is 0 Å². The predicted octanol–water partition coefficient (Wildman–Crippen LogP) is 1.06. The summed E-state index contributed by atoms with van der Waals surface area (Å²) in [6.07, 6.45) is 4.14. The zero-order valence-corrected chi connectivity index (χ0v) is 7.75. The van der Waals surface area contributed by atoms with Gasteiger partial charge in [-0.15, -0.1) is 0 Å². The van der Waals surface area contributed by atoms with Crippen molar-refractivity contribution in [3.63, 3.8) is 0 Å². The van der Waals surface area contributed by atoms with Crippen LogP contribution in [0.2, 0.25) is 0 Å². The molecule has 4 nitrogen and oxygen atoms in total. The van der Waals surface area contributed by atoms with Gasteiger partial charge in [0.1, 0.15) is 5.84 Å². The van der Waals surface area contributed by atoms with E-state index in [4.69, 9.17) is 11.1 Å². The summed E-state index contributed by atoms with van der Waals surface area (Å²) < 4.78 is 1.95. The maximum absolute atomic E-state index is 7.41. The molecule has 70 valence electrons. The lowest BCUT2D eigenvalue weighted by Crippen LogP contribution is -2.13. The molecule has 0 atom stereocenters. The van der Waals surface area contributed by atoms with Crippen LogP contribution < -0.4 is 5.73 Å². The van der Waals surface area contributed by atoms with Gasteiger partial charge in [-0.2, -0.15) is 5.10 Å². The second-order valence-corrected chi connectivity index (χ2v) is 3.45. The van der Waals surface area contributed by atoms with Crippen LogP contribution in [0.15, 0.2) is 6.20 Å². The predicted molar refractivity (Wildman–Crippen MR) is 50.9 cm³/mol. The summed E-state index contributed by atoms with van der Waals surface area (Å²) in [5, 5.41) is 11.6. The molecule has 13 heavy (non-hydrogen) atoms. The van der Waals surface area contributed by atoms with Crippen LogP contribution in [0.4, 0.5) is 0 Å². The van der Waals surface area contributed by atoms with E-state index in [2.05, 4.69) is 12.0 Å². The maximum atomic E-state index is 7.41. The minimum absolute atomic E-state index is 0.140. The van der Waals surface area contributed by atoms with E-state index >= 15 is 0 Å². The van der Waals surface area contributed by atoms with Crippen LogP contribution in [0, 0.1) is 5.41 Å². The van der Waals surface area contributed by atoms with Gasteiger partial charge in [0.05, 0.1) is 17.5 Å². The molecule has 0 spiro atoms. The third-order valence-corrected chi connectivity index (χ3v) is 2.43. The largest absolute Gasteiger partial charge is 0.384 e. The standard InChI is InChI=1S/C9H14N4/c1-2-13-8(6-3-4-6)7(5-12-13)9(10)11/h5-6H,2-4H2,1H3,(H3,10,11). The molecule has 1 aromatic rings. The molecule has 2 rings (SSSR count). The lowest BCUT2D eigenvalue weighted by Gasteiger charge is -2.04. The molecule has 4 heteroatoms. The molecule has 1 heterocycles. The van der Waals surface area contributed by atoms with E-state index in [0.29, 0.717) is 5.92 Å². The molecule has 0 unspecified atom stereocenters. The van der Waals surface area contributed by atoms with Gasteiger partial charge in [-0.25, -0.2) is 0 Å². The summed E-state index contributed by atoms with van der Waals surface area (Å²) in [5.41, 5.74) is 7.46. The van der Waals surface area contributed by atoms with Gasteiger partial charge in [0, 0.05) is 12.5 Å². The van der Waals surface area contributed by atoms with Crippen molar-refractivity contribution < 1.29 is 0 Å². The van der Waals surface area contributed by atoms with Crippen molar-refractivity contribution in [3.05, 3.63) is 17.5 Å². The molecule has 1 aromatic heterocycles. The summed E-state index contributed by atoms with van der Waals surface area (Å²) in [6, 6.07) is 0. The molecule has 1 aliphatic carbocycles. The van der Waals surface area contributed by atoms with Gasteiger partial charge in [0.15, 0.2) is 0 Å². The number of aryl methyl sites for hydroxylation is 1. The number of hydrogen-bond acceptors (Lipinski definition) is 2. The number of amidine groups is 1. The van der Waals surface area contributed by atoms with Crippen LogP contribution in [0.3, 0.4) is 0 Å². The highest BCUT2D eigenvalue weighted by Crippen LogP contribution is 2.41. The molecular weight excluding hydrogens is 164 g/mol. The number of nitrogens with one attached hydrogen (secondary N) is 1. The average Bonchev–Trinajstić information content (AvgIpc) is 2.84. The lowest BCUT2D eigenvalue weighted by atomic mass is 10.1. The summed E-state index contributed by atoms with van der Waals surface area (Å²) in [6.45, 7) is 2.92. The van der Waals surface area contributed by atoms with Gasteiger partial charge in [0.2, 0.25) is 0 Å². The number of hydrogen-bond donors (Lipinski definition) is 2. The number of aromatic nitrogens is 2. The van der Waals surface area contributed by atoms with E-state index in [-0.39, 0.29) is 5.84 Å². The van der Waals surface area contributed by atoms with Gasteiger partial charge in [-0.05, 0) is 19.8 Å². The normalized spacial score (nSPS) is 16.1. The summed E-state index contributed by atoms with van der Waals surface area (Å²) in [4.78, 5) is 0. The first kappa shape index (κ1) is 8.29. The van der Waals surface area contributed by atoms with Crippen LogP contribution >= 0.6 is 0 Å². The Hall–Kier alpha value is -1.32. The number of nitrogen functional groups attached to an aromatic ring is 1. The second kappa shape index (κ2) is 2.87. The van der Waals surface area contributed by atoms with Gasteiger partial charge < -0.3 is 5.73 Å². The molecule has 0 aliphatic heterocycles. The summed E-state index contributed by atoms with van der Waals surface area (Å²) in [7, 11) is 0. The van der Waals surface area contributed by atoms with Crippen molar-refractivity contribution in [1.29, 1.82) is 5.41 Å². The Balaban J connectivity index is 2.44. The Kier molecular flexibility index (Phi) is 1.83. The van der Waals surface area contributed by atoms with Crippen LogP contribution in [-0.2, 0) is 6.54 Å². The third-order valence-electron chi connectivity index (χ3n) is 2.43. The third kappa shape index (κ3) is 1.32. The molecule has 3 N–H and O–H groups in total. The van der Waals surface area contributed by atoms with E-state index < -0.39 is 0 Å². The topological polar surface area (TPSA) is 67.7 Å².